The van der Waals surface area contributed by atoms with Crippen LogP contribution < -0.4 is 5.43 Å². The normalized spacial score (nSPS) is 12.1. The van der Waals surface area contributed by atoms with E-state index in [-0.39, 0.29) is 0 Å². The van der Waals surface area contributed by atoms with Crippen LogP contribution in [0.5, 0.6) is 0 Å². The monoisotopic (exact) mass is 299 g/mol. The number of rotatable bonds is 3. The molecular formula is C13H12F3N3S. The van der Waals surface area contributed by atoms with Crippen molar-refractivity contribution in [1.82, 2.24) is 4.98 Å². The first-order chi connectivity index (χ1) is 9.36. The maximum absolute atomic E-state index is 12.4. The standard InChI is InChI=1S/C13H12F3N3S/c1-8-9(2)20-12(18-8)19-17-7-10-3-5-11(6-4-10)13(14,15)16/h3-7H,1-2H3,(H,18,19)/b17-7-. The molecule has 1 heterocycles. The van der Waals surface area contributed by atoms with E-state index < -0.39 is 11.7 Å². The molecule has 0 saturated heterocycles. The second-order valence-electron chi connectivity index (χ2n) is 4.15. The lowest BCUT2D eigenvalue weighted by atomic mass is 10.1. The number of halogens is 3. The van der Waals surface area contributed by atoms with Gasteiger partial charge >= 0.3 is 6.18 Å². The van der Waals surface area contributed by atoms with Gasteiger partial charge in [-0.05, 0) is 31.5 Å². The molecule has 0 aliphatic heterocycles. The van der Waals surface area contributed by atoms with Crippen LogP contribution in [0.3, 0.4) is 0 Å². The van der Waals surface area contributed by atoms with Crippen LogP contribution in [0.25, 0.3) is 0 Å². The van der Waals surface area contributed by atoms with Crippen LogP contribution in [0.4, 0.5) is 18.3 Å². The van der Waals surface area contributed by atoms with Crippen molar-refractivity contribution in [2.24, 2.45) is 5.10 Å². The molecule has 106 valence electrons. The van der Waals surface area contributed by atoms with Crippen molar-refractivity contribution < 1.29 is 13.2 Å². The number of nitrogens with one attached hydrogen (secondary N) is 1. The molecule has 3 nitrogen and oxygen atoms in total. The van der Waals surface area contributed by atoms with Crippen molar-refractivity contribution in [1.29, 1.82) is 0 Å². The number of hydrogen-bond acceptors (Lipinski definition) is 4. The van der Waals surface area contributed by atoms with Gasteiger partial charge in [-0.2, -0.15) is 18.3 Å². The fourth-order valence-electron chi connectivity index (χ4n) is 1.44. The molecule has 0 saturated carbocycles. The summed E-state index contributed by atoms with van der Waals surface area (Å²) in [5.41, 5.74) is 3.59. The Labute approximate surface area is 118 Å². The van der Waals surface area contributed by atoms with E-state index in [1.165, 1.54) is 29.7 Å². The first-order valence-corrected chi connectivity index (χ1v) is 6.58. The lowest BCUT2D eigenvalue weighted by molar-refractivity contribution is -0.137. The molecule has 1 N–H and O–H groups in total. The Hall–Kier alpha value is -1.89. The van der Waals surface area contributed by atoms with Crippen molar-refractivity contribution in [3.63, 3.8) is 0 Å². The molecule has 0 amide bonds. The highest BCUT2D eigenvalue weighted by atomic mass is 32.1. The van der Waals surface area contributed by atoms with Gasteiger partial charge in [0.25, 0.3) is 0 Å². The van der Waals surface area contributed by atoms with Crippen molar-refractivity contribution in [2.75, 3.05) is 5.43 Å². The molecule has 0 atom stereocenters. The van der Waals surface area contributed by atoms with Gasteiger partial charge in [0.1, 0.15) is 0 Å². The number of hydrogen-bond donors (Lipinski definition) is 1. The lowest BCUT2D eigenvalue weighted by Crippen LogP contribution is -2.04. The van der Waals surface area contributed by atoms with E-state index in [1.54, 1.807) is 0 Å². The Morgan fingerprint density at radius 3 is 2.35 bits per heavy atom. The maximum Gasteiger partial charge on any atom is 0.416 e. The van der Waals surface area contributed by atoms with Crippen molar-refractivity contribution >= 4 is 22.7 Å². The summed E-state index contributed by atoms with van der Waals surface area (Å²) in [7, 11) is 0. The predicted molar refractivity (Wildman–Crippen MR) is 74.2 cm³/mol. The molecule has 2 aromatic rings. The Morgan fingerprint density at radius 1 is 1.20 bits per heavy atom. The van der Waals surface area contributed by atoms with Gasteiger partial charge in [0.05, 0.1) is 17.5 Å². The Kier molecular flexibility index (Phi) is 4.08. The third kappa shape index (κ3) is 3.57. The first kappa shape index (κ1) is 14.5. The minimum absolute atomic E-state index is 0.579. The predicted octanol–water partition coefficient (Wildman–Crippen LogP) is 4.22. The molecule has 0 radical (unpaired) electrons. The van der Waals surface area contributed by atoms with Gasteiger partial charge in [-0.1, -0.05) is 12.1 Å². The Bertz CT molecular complexity index is 595. The Balaban J connectivity index is 2.01. The molecule has 2 rings (SSSR count). The van der Waals surface area contributed by atoms with Gasteiger partial charge < -0.3 is 0 Å². The summed E-state index contributed by atoms with van der Waals surface area (Å²) in [6, 6.07) is 4.79. The topological polar surface area (TPSA) is 37.3 Å². The number of thiazole rings is 1. The van der Waals surface area contributed by atoms with E-state index >= 15 is 0 Å². The summed E-state index contributed by atoms with van der Waals surface area (Å²) in [5.74, 6) is 0. The molecule has 1 aromatic carbocycles. The van der Waals surface area contributed by atoms with Crippen LogP contribution in [0.1, 0.15) is 21.7 Å². The molecule has 0 spiro atoms. The van der Waals surface area contributed by atoms with E-state index in [4.69, 9.17) is 0 Å². The van der Waals surface area contributed by atoms with Crippen LogP contribution in [0.15, 0.2) is 29.4 Å². The number of aryl methyl sites for hydroxylation is 2. The summed E-state index contributed by atoms with van der Waals surface area (Å²) in [4.78, 5) is 5.33. The minimum atomic E-state index is -4.32. The van der Waals surface area contributed by atoms with Gasteiger partial charge in [0.15, 0.2) is 0 Å². The Morgan fingerprint density at radius 2 is 1.85 bits per heavy atom. The molecule has 0 bridgehead atoms. The summed E-state index contributed by atoms with van der Waals surface area (Å²) < 4.78 is 37.1. The highest BCUT2D eigenvalue weighted by molar-refractivity contribution is 7.15. The average Bonchev–Trinajstić information content (AvgIpc) is 2.68. The number of alkyl halides is 3. The largest absolute Gasteiger partial charge is 0.416 e. The van der Waals surface area contributed by atoms with Crippen LogP contribution in [0.2, 0.25) is 0 Å². The van der Waals surface area contributed by atoms with Crippen molar-refractivity contribution in [3.05, 3.63) is 46.0 Å². The lowest BCUT2D eigenvalue weighted by Gasteiger charge is -2.05. The third-order valence-corrected chi connectivity index (χ3v) is 3.62. The summed E-state index contributed by atoms with van der Waals surface area (Å²) in [6.07, 6.45) is -2.86. The molecule has 0 unspecified atom stereocenters. The molecular weight excluding hydrogens is 287 g/mol. The number of nitrogens with zero attached hydrogens (tertiary/aromatic N) is 2. The van der Waals surface area contributed by atoms with E-state index in [9.17, 15) is 13.2 Å². The number of anilines is 1. The zero-order valence-corrected chi connectivity index (χ0v) is 11.6. The smallest absolute Gasteiger partial charge is 0.253 e. The van der Waals surface area contributed by atoms with E-state index in [1.807, 2.05) is 13.8 Å². The molecule has 0 aliphatic rings. The van der Waals surface area contributed by atoms with Crippen molar-refractivity contribution in [2.45, 2.75) is 20.0 Å². The third-order valence-electron chi connectivity index (χ3n) is 2.64. The highest BCUT2D eigenvalue weighted by Crippen LogP contribution is 2.28. The maximum atomic E-state index is 12.4. The fraction of sp³-hybridized carbons (Fsp3) is 0.231. The van der Waals surface area contributed by atoms with Gasteiger partial charge in [0.2, 0.25) is 5.13 Å². The SMILES string of the molecule is Cc1nc(N/N=C\c2ccc(C(F)(F)F)cc2)sc1C. The van der Waals surface area contributed by atoms with Gasteiger partial charge in [-0.15, -0.1) is 11.3 Å². The second-order valence-corrected chi connectivity index (χ2v) is 5.35. The van der Waals surface area contributed by atoms with Crippen LogP contribution >= 0.6 is 11.3 Å². The number of benzene rings is 1. The summed E-state index contributed by atoms with van der Waals surface area (Å²) >= 11 is 1.47. The summed E-state index contributed by atoms with van der Waals surface area (Å²) in [5, 5.41) is 4.61. The number of hydrazone groups is 1. The molecule has 0 aliphatic carbocycles. The molecule has 1 aromatic heterocycles. The quantitative estimate of drug-likeness (QED) is 0.680. The van der Waals surface area contributed by atoms with Gasteiger partial charge in [-0.25, -0.2) is 4.98 Å². The van der Waals surface area contributed by atoms with E-state index in [2.05, 4.69) is 15.5 Å². The highest BCUT2D eigenvalue weighted by Gasteiger charge is 2.29. The van der Waals surface area contributed by atoms with E-state index in [0.717, 1.165) is 22.7 Å². The zero-order valence-electron chi connectivity index (χ0n) is 10.8. The molecule has 7 heteroatoms. The summed E-state index contributed by atoms with van der Waals surface area (Å²) in [6.45, 7) is 3.86. The van der Waals surface area contributed by atoms with Crippen LogP contribution in [0, 0.1) is 13.8 Å². The second kappa shape index (κ2) is 5.62. The van der Waals surface area contributed by atoms with Crippen LogP contribution in [-0.2, 0) is 6.18 Å². The average molecular weight is 299 g/mol. The van der Waals surface area contributed by atoms with Gasteiger partial charge in [0, 0.05) is 4.88 Å². The van der Waals surface area contributed by atoms with Crippen LogP contribution in [-0.4, -0.2) is 11.2 Å². The fourth-order valence-corrected chi connectivity index (χ4v) is 2.21. The van der Waals surface area contributed by atoms with Gasteiger partial charge in [-0.3, -0.25) is 5.43 Å². The van der Waals surface area contributed by atoms with E-state index in [0.29, 0.717) is 10.7 Å². The molecule has 20 heavy (non-hydrogen) atoms. The molecule has 0 fully saturated rings. The van der Waals surface area contributed by atoms with Crippen molar-refractivity contribution in [3.8, 4) is 0 Å². The first-order valence-electron chi connectivity index (χ1n) is 5.76. The minimum Gasteiger partial charge on any atom is -0.253 e. The zero-order chi connectivity index (χ0) is 14.8. The number of aromatic nitrogens is 1.